The van der Waals surface area contributed by atoms with E-state index in [9.17, 15) is 4.79 Å². The first-order valence-electron chi connectivity index (χ1n) is 6.26. The van der Waals surface area contributed by atoms with Gasteiger partial charge in [-0.25, -0.2) is 4.79 Å². The van der Waals surface area contributed by atoms with Crippen molar-refractivity contribution in [3.63, 3.8) is 0 Å². The maximum absolute atomic E-state index is 11.7. The van der Waals surface area contributed by atoms with E-state index in [0.29, 0.717) is 13.2 Å². The predicted octanol–water partition coefficient (Wildman–Crippen LogP) is 2.30. The molecule has 0 aromatic heterocycles. The van der Waals surface area contributed by atoms with Crippen LogP contribution in [0.1, 0.15) is 31.9 Å². The van der Waals surface area contributed by atoms with Gasteiger partial charge in [0.05, 0.1) is 13.7 Å². The van der Waals surface area contributed by atoms with Gasteiger partial charge in [-0.1, -0.05) is 26.0 Å². The van der Waals surface area contributed by atoms with E-state index in [2.05, 4.69) is 12.2 Å². The standard InChI is InChI=1S/C14H21NO3/c1-4-9-18-12-8-6-7-11(10-12)13(15-5-2)14(16)17-3/h6-8,10,13,15H,4-5,9H2,1-3H3. The number of rotatable bonds is 7. The lowest BCUT2D eigenvalue weighted by Crippen LogP contribution is -2.29. The van der Waals surface area contributed by atoms with Crippen LogP contribution in [0.4, 0.5) is 0 Å². The normalized spacial score (nSPS) is 11.9. The first-order chi connectivity index (χ1) is 8.72. The van der Waals surface area contributed by atoms with Gasteiger partial charge in [0.2, 0.25) is 0 Å². The van der Waals surface area contributed by atoms with Gasteiger partial charge in [-0.3, -0.25) is 0 Å². The van der Waals surface area contributed by atoms with E-state index in [0.717, 1.165) is 17.7 Å². The third-order valence-electron chi connectivity index (χ3n) is 2.51. The Bertz CT molecular complexity index is 379. The summed E-state index contributed by atoms with van der Waals surface area (Å²) >= 11 is 0. The highest BCUT2D eigenvalue weighted by molar-refractivity contribution is 5.77. The molecule has 1 atom stereocenters. The maximum atomic E-state index is 11.7. The SMILES string of the molecule is CCCOc1cccc(C(NCC)C(=O)OC)c1. The number of hydrogen-bond acceptors (Lipinski definition) is 4. The Morgan fingerprint density at radius 2 is 2.17 bits per heavy atom. The smallest absolute Gasteiger partial charge is 0.327 e. The number of hydrogen-bond donors (Lipinski definition) is 1. The minimum Gasteiger partial charge on any atom is -0.494 e. The molecule has 0 spiro atoms. The van der Waals surface area contributed by atoms with Crippen LogP contribution in [0.25, 0.3) is 0 Å². The molecule has 0 saturated heterocycles. The molecule has 100 valence electrons. The number of methoxy groups -OCH3 is 1. The van der Waals surface area contributed by atoms with Gasteiger partial charge < -0.3 is 14.8 Å². The van der Waals surface area contributed by atoms with Crippen molar-refractivity contribution in [1.82, 2.24) is 5.32 Å². The number of nitrogens with one attached hydrogen (secondary N) is 1. The van der Waals surface area contributed by atoms with E-state index in [4.69, 9.17) is 9.47 Å². The molecule has 0 heterocycles. The van der Waals surface area contributed by atoms with Crippen LogP contribution >= 0.6 is 0 Å². The highest BCUT2D eigenvalue weighted by Gasteiger charge is 2.20. The van der Waals surface area contributed by atoms with Crippen LogP contribution in [-0.2, 0) is 9.53 Å². The second-order valence-corrected chi connectivity index (χ2v) is 3.93. The Morgan fingerprint density at radius 1 is 1.39 bits per heavy atom. The highest BCUT2D eigenvalue weighted by Crippen LogP contribution is 2.20. The number of esters is 1. The average molecular weight is 251 g/mol. The second kappa shape index (κ2) is 7.71. The molecular weight excluding hydrogens is 230 g/mol. The average Bonchev–Trinajstić information content (AvgIpc) is 2.42. The summed E-state index contributed by atoms with van der Waals surface area (Å²) in [6, 6.07) is 7.10. The summed E-state index contributed by atoms with van der Waals surface area (Å²) < 4.78 is 10.4. The molecule has 0 radical (unpaired) electrons. The van der Waals surface area contributed by atoms with Crippen LogP contribution in [0, 0.1) is 0 Å². The minimum absolute atomic E-state index is 0.288. The van der Waals surface area contributed by atoms with Crippen molar-refractivity contribution in [3.8, 4) is 5.75 Å². The van der Waals surface area contributed by atoms with Crippen LogP contribution in [0.15, 0.2) is 24.3 Å². The molecule has 0 bridgehead atoms. The predicted molar refractivity (Wildman–Crippen MR) is 70.7 cm³/mol. The van der Waals surface area contributed by atoms with Gasteiger partial charge in [-0.05, 0) is 30.7 Å². The summed E-state index contributed by atoms with van der Waals surface area (Å²) in [5, 5.41) is 3.10. The van der Waals surface area contributed by atoms with Crippen molar-refractivity contribution < 1.29 is 14.3 Å². The summed E-state index contributed by atoms with van der Waals surface area (Å²) in [4.78, 5) is 11.7. The molecule has 4 nitrogen and oxygen atoms in total. The molecule has 4 heteroatoms. The van der Waals surface area contributed by atoms with Crippen LogP contribution in [0.2, 0.25) is 0 Å². The fourth-order valence-electron chi connectivity index (χ4n) is 1.66. The summed E-state index contributed by atoms with van der Waals surface area (Å²) in [6.45, 7) is 5.38. The fourth-order valence-corrected chi connectivity index (χ4v) is 1.66. The lowest BCUT2D eigenvalue weighted by molar-refractivity contribution is -0.143. The zero-order valence-electron chi connectivity index (χ0n) is 11.2. The maximum Gasteiger partial charge on any atom is 0.327 e. The lowest BCUT2D eigenvalue weighted by Gasteiger charge is -2.16. The Balaban J connectivity index is 2.86. The molecule has 1 rings (SSSR count). The van der Waals surface area contributed by atoms with Crippen molar-refractivity contribution in [2.75, 3.05) is 20.3 Å². The third kappa shape index (κ3) is 4.04. The van der Waals surface area contributed by atoms with E-state index < -0.39 is 6.04 Å². The van der Waals surface area contributed by atoms with Crippen molar-refractivity contribution >= 4 is 5.97 Å². The number of ether oxygens (including phenoxy) is 2. The molecule has 0 saturated carbocycles. The molecule has 1 unspecified atom stereocenters. The van der Waals surface area contributed by atoms with Gasteiger partial charge in [0, 0.05) is 0 Å². The zero-order valence-corrected chi connectivity index (χ0v) is 11.2. The van der Waals surface area contributed by atoms with Gasteiger partial charge >= 0.3 is 5.97 Å². The van der Waals surface area contributed by atoms with Gasteiger partial charge in [0.15, 0.2) is 0 Å². The van der Waals surface area contributed by atoms with E-state index in [-0.39, 0.29) is 5.97 Å². The Kier molecular flexibility index (Phi) is 6.22. The first kappa shape index (κ1) is 14.5. The quantitative estimate of drug-likeness (QED) is 0.755. The number of likely N-dealkylation sites (N-methyl/N-ethyl adjacent to an activating group) is 1. The summed E-state index contributed by atoms with van der Waals surface area (Å²) in [5.74, 6) is 0.491. The molecule has 18 heavy (non-hydrogen) atoms. The Morgan fingerprint density at radius 3 is 2.78 bits per heavy atom. The van der Waals surface area contributed by atoms with Gasteiger partial charge in [-0.2, -0.15) is 0 Å². The summed E-state index contributed by atoms with van der Waals surface area (Å²) in [7, 11) is 1.39. The van der Waals surface area contributed by atoms with E-state index in [1.165, 1.54) is 7.11 Å². The molecule has 1 aromatic carbocycles. The molecule has 1 aromatic rings. The van der Waals surface area contributed by atoms with E-state index >= 15 is 0 Å². The monoisotopic (exact) mass is 251 g/mol. The van der Waals surface area contributed by atoms with Crippen molar-refractivity contribution in [2.24, 2.45) is 0 Å². The van der Waals surface area contributed by atoms with Crippen molar-refractivity contribution in [3.05, 3.63) is 29.8 Å². The molecule has 0 aliphatic rings. The van der Waals surface area contributed by atoms with Crippen molar-refractivity contribution in [2.45, 2.75) is 26.3 Å². The second-order valence-electron chi connectivity index (χ2n) is 3.93. The summed E-state index contributed by atoms with van der Waals surface area (Å²) in [5.41, 5.74) is 0.859. The largest absolute Gasteiger partial charge is 0.494 e. The van der Waals surface area contributed by atoms with Crippen LogP contribution in [0.3, 0.4) is 0 Å². The third-order valence-corrected chi connectivity index (χ3v) is 2.51. The number of benzene rings is 1. The topological polar surface area (TPSA) is 47.6 Å². The minimum atomic E-state index is -0.440. The zero-order chi connectivity index (χ0) is 13.4. The lowest BCUT2D eigenvalue weighted by atomic mass is 10.1. The highest BCUT2D eigenvalue weighted by atomic mass is 16.5. The molecule has 0 fully saturated rings. The van der Waals surface area contributed by atoms with Crippen LogP contribution < -0.4 is 10.1 Å². The number of carbonyl (C=O) groups excluding carboxylic acids is 1. The van der Waals surface area contributed by atoms with Gasteiger partial charge in [-0.15, -0.1) is 0 Å². The number of carbonyl (C=O) groups is 1. The van der Waals surface area contributed by atoms with Gasteiger partial charge in [0.1, 0.15) is 11.8 Å². The van der Waals surface area contributed by atoms with E-state index in [1.807, 2.05) is 31.2 Å². The first-order valence-corrected chi connectivity index (χ1v) is 6.26. The summed E-state index contributed by atoms with van der Waals surface area (Å²) in [6.07, 6.45) is 0.956. The van der Waals surface area contributed by atoms with Crippen LogP contribution in [-0.4, -0.2) is 26.2 Å². The molecule has 0 aliphatic carbocycles. The van der Waals surface area contributed by atoms with E-state index in [1.54, 1.807) is 0 Å². The fraction of sp³-hybridized carbons (Fsp3) is 0.500. The van der Waals surface area contributed by atoms with Crippen molar-refractivity contribution in [1.29, 1.82) is 0 Å². The van der Waals surface area contributed by atoms with Crippen LogP contribution in [0.5, 0.6) is 5.75 Å². The Hall–Kier alpha value is -1.55. The molecular formula is C14H21NO3. The molecule has 1 N–H and O–H groups in total. The van der Waals surface area contributed by atoms with Gasteiger partial charge in [0.25, 0.3) is 0 Å². The Labute approximate surface area is 108 Å². The molecule has 0 amide bonds. The molecule has 0 aliphatic heterocycles.